The normalized spacial score (nSPS) is 47.1. The Kier molecular flexibility index (Phi) is 6.10. The van der Waals surface area contributed by atoms with E-state index in [0.717, 1.165) is 31.3 Å². The van der Waals surface area contributed by atoms with Crippen molar-refractivity contribution in [3.05, 3.63) is 12.2 Å². The van der Waals surface area contributed by atoms with E-state index in [0.29, 0.717) is 42.3 Å². The van der Waals surface area contributed by atoms with Crippen molar-refractivity contribution in [2.45, 2.75) is 124 Å². The van der Waals surface area contributed by atoms with Gasteiger partial charge in [-0.15, -0.1) is 0 Å². The van der Waals surface area contributed by atoms with Gasteiger partial charge in [-0.3, -0.25) is 4.79 Å². The summed E-state index contributed by atoms with van der Waals surface area (Å²) in [6.45, 7) is 19.9. The fourth-order valence-electron chi connectivity index (χ4n) is 10.1. The van der Waals surface area contributed by atoms with Crippen LogP contribution < -0.4 is 0 Å². The Hall–Kier alpha value is -0.670. The molecule has 4 aliphatic rings. The summed E-state index contributed by atoms with van der Waals surface area (Å²) in [5.74, 6) is 2.46. The molecular weight excluding hydrogens is 408 g/mol. The van der Waals surface area contributed by atoms with Crippen LogP contribution in [0, 0.1) is 45.3 Å². The third-order valence-electron chi connectivity index (χ3n) is 12.4. The van der Waals surface area contributed by atoms with Crippen LogP contribution in [0.5, 0.6) is 0 Å². The van der Waals surface area contributed by atoms with Gasteiger partial charge in [0.15, 0.2) is 0 Å². The van der Waals surface area contributed by atoms with Crippen molar-refractivity contribution in [3.8, 4) is 0 Å². The van der Waals surface area contributed by atoms with Crippen molar-refractivity contribution >= 4 is 5.78 Å². The lowest BCUT2D eigenvalue weighted by Gasteiger charge is -2.69. The van der Waals surface area contributed by atoms with Gasteiger partial charge in [0.05, 0.1) is 11.7 Å². The van der Waals surface area contributed by atoms with Gasteiger partial charge >= 0.3 is 0 Å². The van der Waals surface area contributed by atoms with Crippen LogP contribution in [0.2, 0.25) is 0 Å². The first-order valence-corrected chi connectivity index (χ1v) is 13.7. The van der Waals surface area contributed by atoms with Gasteiger partial charge in [-0.25, -0.2) is 0 Å². The average Bonchev–Trinajstić information content (AvgIpc) is 3.08. The van der Waals surface area contributed by atoms with E-state index < -0.39 is 11.7 Å². The zero-order chi connectivity index (χ0) is 24.6. The molecule has 4 aliphatic carbocycles. The lowest BCUT2D eigenvalue weighted by molar-refractivity contribution is -0.207. The summed E-state index contributed by atoms with van der Waals surface area (Å²) >= 11 is 0. The van der Waals surface area contributed by atoms with Gasteiger partial charge in [0.1, 0.15) is 5.78 Å². The molecule has 0 saturated heterocycles. The topological polar surface area (TPSA) is 57.5 Å². The average molecular weight is 459 g/mol. The highest BCUT2D eigenvalue weighted by Crippen LogP contribution is 2.75. The minimum Gasteiger partial charge on any atom is -0.390 e. The summed E-state index contributed by atoms with van der Waals surface area (Å²) in [5, 5.41) is 21.9. The van der Waals surface area contributed by atoms with Crippen molar-refractivity contribution in [1.82, 2.24) is 0 Å². The second-order valence-corrected chi connectivity index (χ2v) is 14.2. The molecular formula is C30H50O3. The third-order valence-corrected chi connectivity index (χ3v) is 12.4. The number of hydrogen-bond acceptors (Lipinski definition) is 3. The highest BCUT2D eigenvalue weighted by Gasteiger charge is 2.69. The van der Waals surface area contributed by atoms with Gasteiger partial charge in [-0.2, -0.15) is 0 Å². The van der Waals surface area contributed by atoms with Gasteiger partial charge in [-0.1, -0.05) is 46.8 Å². The molecule has 0 aromatic carbocycles. The molecule has 0 aromatic heterocycles. The lowest BCUT2D eigenvalue weighted by Crippen LogP contribution is -2.63. The van der Waals surface area contributed by atoms with Gasteiger partial charge < -0.3 is 10.2 Å². The number of hydrogen-bond donors (Lipinski definition) is 2. The molecule has 0 aromatic rings. The number of ketones is 1. The van der Waals surface area contributed by atoms with E-state index in [-0.39, 0.29) is 21.7 Å². The van der Waals surface area contributed by atoms with Crippen molar-refractivity contribution in [3.63, 3.8) is 0 Å². The summed E-state index contributed by atoms with van der Waals surface area (Å²) in [6, 6.07) is 0. The number of aliphatic hydroxyl groups is 2. The van der Waals surface area contributed by atoms with Crippen molar-refractivity contribution in [1.29, 1.82) is 0 Å². The van der Waals surface area contributed by atoms with Gasteiger partial charge in [0.25, 0.3) is 0 Å². The van der Waals surface area contributed by atoms with Gasteiger partial charge in [-0.05, 0) is 112 Å². The zero-order valence-electron chi connectivity index (χ0n) is 22.5. The molecule has 188 valence electrons. The van der Waals surface area contributed by atoms with E-state index in [4.69, 9.17) is 0 Å². The number of carbonyl (C=O) groups excluding carboxylic acids is 1. The van der Waals surface area contributed by atoms with E-state index in [2.05, 4.69) is 41.2 Å². The minimum absolute atomic E-state index is 0.196. The first-order chi connectivity index (χ1) is 15.1. The van der Waals surface area contributed by atoms with E-state index in [1.54, 1.807) is 0 Å². The van der Waals surface area contributed by atoms with Crippen LogP contribution in [-0.2, 0) is 4.79 Å². The van der Waals surface area contributed by atoms with E-state index in [1.807, 2.05) is 13.8 Å². The Morgan fingerprint density at radius 1 is 1.03 bits per heavy atom. The second kappa shape index (κ2) is 7.92. The third kappa shape index (κ3) is 3.53. The molecule has 2 N–H and O–H groups in total. The molecule has 3 heteroatoms. The number of carbonyl (C=O) groups is 1. The maximum absolute atomic E-state index is 12.9. The minimum atomic E-state index is -0.748. The lowest BCUT2D eigenvalue weighted by atomic mass is 9.35. The number of fused-ring (bicyclic) bond motifs is 5. The van der Waals surface area contributed by atoms with Crippen molar-refractivity contribution in [2.24, 2.45) is 45.3 Å². The smallest absolute Gasteiger partial charge is 0.138 e. The molecule has 9 atom stereocenters. The van der Waals surface area contributed by atoms with Crippen LogP contribution in [0.15, 0.2) is 12.2 Å². The second-order valence-electron chi connectivity index (χ2n) is 14.2. The first kappa shape index (κ1) is 25.4. The zero-order valence-corrected chi connectivity index (χ0v) is 22.5. The first-order valence-electron chi connectivity index (χ1n) is 13.7. The summed E-state index contributed by atoms with van der Waals surface area (Å²) in [5.41, 5.74) is 0.580. The molecule has 0 aliphatic heterocycles. The maximum Gasteiger partial charge on any atom is 0.138 e. The fraction of sp³-hybridized carbons (Fsp3) is 0.900. The standard InChI is InChI=1S/C30H50O3/c1-19(2)22(31)12-18-30(8,33)21-11-16-28(6)20(21)9-10-24-27(5)15-14-25(32)26(3,4)23(27)13-17-29(24,28)7/h20-24,31,33H,1,9-18H2,2-8H3/t20-,21+,22+,23+,24-,27+,28-,29-,30+/m1/s1. The summed E-state index contributed by atoms with van der Waals surface area (Å²) in [7, 11) is 0. The molecule has 0 bridgehead atoms. The molecule has 0 radical (unpaired) electrons. The largest absolute Gasteiger partial charge is 0.390 e. The van der Waals surface area contributed by atoms with E-state index in [1.165, 1.54) is 25.7 Å². The summed E-state index contributed by atoms with van der Waals surface area (Å²) < 4.78 is 0. The van der Waals surface area contributed by atoms with E-state index >= 15 is 0 Å². The summed E-state index contributed by atoms with van der Waals surface area (Å²) in [4.78, 5) is 12.9. The van der Waals surface area contributed by atoms with Crippen LogP contribution >= 0.6 is 0 Å². The molecule has 0 heterocycles. The van der Waals surface area contributed by atoms with Crippen LogP contribution in [-0.4, -0.2) is 27.7 Å². The molecule has 3 nitrogen and oxygen atoms in total. The molecule has 0 spiro atoms. The van der Waals surface area contributed by atoms with Crippen LogP contribution in [0.1, 0.15) is 113 Å². The predicted molar refractivity (Wildman–Crippen MR) is 135 cm³/mol. The number of Topliss-reactive ketones (excluding diaryl/α,β-unsaturated/α-hetero) is 1. The quantitative estimate of drug-likeness (QED) is 0.450. The monoisotopic (exact) mass is 458 g/mol. The Morgan fingerprint density at radius 2 is 1.67 bits per heavy atom. The van der Waals surface area contributed by atoms with Crippen LogP contribution in [0.25, 0.3) is 0 Å². The van der Waals surface area contributed by atoms with Gasteiger partial charge in [0.2, 0.25) is 0 Å². The summed E-state index contributed by atoms with van der Waals surface area (Å²) in [6.07, 6.45) is 9.58. The SMILES string of the molecule is C=C(C)[C@@H](O)CC[C@](C)(O)[C@H]1CC[C@]2(C)[C@@H]1CC[C@@H]1[C@@]3(C)CCC(=O)C(C)(C)[C@@H]3CC[C@]12C. The van der Waals surface area contributed by atoms with E-state index in [9.17, 15) is 15.0 Å². The van der Waals surface area contributed by atoms with Crippen LogP contribution in [0.3, 0.4) is 0 Å². The highest BCUT2D eigenvalue weighted by molar-refractivity contribution is 5.85. The van der Waals surface area contributed by atoms with Crippen molar-refractivity contribution < 1.29 is 15.0 Å². The van der Waals surface area contributed by atoms with Crippen LogP contribution in [0.4, 0.5) is 0 Å². The molecule has 4 fully saturated rings. The van der Waals surface area contributed by atoms with Gasteiger partial charge in [0, 0.05) is 11.8 Å². The Bertz CT molecular complexity index is 811. The number of aliphatic hydroxyl groups excluding tert-OH is 1. The molecule has 4 rings (SSSR count). The Morgan fingerprint density at radius 3 is 2.30 bits per heavy atom. The highest BCUT2D eigenvalue weighted by atomic mass is 16.3. The molecule has 4 saturated carbocycles. The maximum atomic E-state index is 12.9. The molecule has 0 unspecified atom stereocenters. The molecule has 33 heavy (non-hydrogen) atoms. The molecule has 0 amide bonds. The van der Waals surface area contributed by atoms with Crippen molar-refractivity contribution in [2.75, 3.05) is 0 Å². The number of rotatable bonds is 5. The fourth-order valence-corrected chi connectivity index (χ4v) is 10.1. The predicted octanol–water partition coefficient (Wildman–Crippen LogP) is 6.71. The Labute approximate surface area is 202 Å². The Balaban J connectivity index is 1.60.